The van der Waals surface area contributed by atoms with Crippen LogP contribution >= 0.6 is 0 Å². The number of nitrogens with one attached hydrogen (secondary N) is 1. The van der Waals surface area contributed by atoms with Crippen LogP contribution in [0.2, 0.25) is 0 Å². The molecule has 0 aliphatic carbocycles. The highest BCUT2D eigenvalue weighted by atomic mass is 16.5. The summed E-state index contributed by atoms with van der Waals surface area (Å²) >= 11 is 0. The Hall–Kier alpha value is -3.54. The van der Waals surface area contributed by atoms with Crippen molar-refractivity contribution < 1.29 is 18.7 Å². The Morgan fingerprint density at radius 3 is 2.72 bits per heavy atom. The Balaban J connectivity index is 1.66. The molecule has 0 radical (unpaired) electrons. The van der Waals surface area contributed by atoms with E-state index >= 15 is 0 Å². The van der Waals surface area contributed by atoms with Gasteiger partial charge in [0, 0.05) is 23.2 Å². The lowest BCUT2D eigenvalue weighted by Crippen LogP contribution is -2.38. The van der Waals surface area contributed by atoms with E-state index in [0.29, 0.717) is 29.3 Å². The quantitative estimate of drug-likeness (QED) is 0.665. The molecule has 4 rings (SSSR count). The lowest BCUT2D eigenvalue weighted by atomic mass is 10.0. The van der Waals surface area contributed by atoms with Gasteiger partial charge in [0.05, 0.1) is 5.69 Å². The molecule has 0 saturated heterocycles. The summed E-state index contributed by atoms with van der Waals surface area (Å²) in [6.45, 7) is 9.98. The van der Waals surface area contributed by atoms with Gasteiger partial charge in [-0.1, -0.05) is 6.08 Å². The number of carbonyl (C=O) groups is 2. The number of hydrogen-bond acceptors (Lipinski definition) is 4. The van der Waals surface area contributed by atoms with Gasteiger partial charge < -0.3 is 19.4 Å². The van der Waals surface area contributed by atoms with E-state index in [9.17, 15) is 9.59 Å². The molecular formula is C23H22N2O4. The average Bonchev–Trinajstić information content (AvgIpc) is 3.00. The van der Waals surface area contributed by atoms with Crippen LogP contribution in [0.1, 0.15) is 27.2 Å². The minimum absolute atomic E-state index is 0.0104. The molecule has 1 aliphatic rings. The molecule has 0 atom stereocenters. The first-order valence-electron chi connectivity index (χ1n) is 9.39. The predicted octanol–water partition coefficient (Wildman–Crippen LogP) is 4.52. The van der Waals surface area contributed by atoms with Crippen LogP contribution in [0.4, 0.5) is 11.4 Å². The van der Waals surface area contributed by atoms with E-state index in [-0.39, 0.29) is 24.2 Å². The lowest BCUT2D eigenvalue weighted by Gasteiger charge is -2.28. The number of nitrogens with zero attached hydrogens (tertiary/aromatic N) is 1. The van der Waals surface area contributed by atoms with Crippen molar-refractivity contribution in [2.24, 2.45) is 0 Å². The van der Waals surface area contributed by atoms with E-state index in [1.165, 1.54) is 0 Å². The van der Waals surface area contributed by atoms with Gasteiger partial charge in [-0.15, -0.1) is 6.58 Å². The van der Waals surface area contributed by atoms with Gasteiger partial charge >= 0.3 is 0 Å². The SMILES string of the molecule is C=CCN1C(=O)COc2ccc(NC(=O)c3oc4cc(C)c(C)cc4c3C)cc21. The zero-order valence-electron chi connectivity index (χ0n) is 16.7. The second-order valence-electron chi connectivity index (χ2n) is 7.21. The first-order valence-corrected chi connectivity index (χ1v) is 9.39. The minimum atomic E-state index is -0.340. The summed E-state index contributed by atoms with van der Waals surface area (Å²) in [6, 6.07) is 9.19. The molecule has 0 unspecified atom stereocenters. The third-order valence-electron chi connectivity index (χ3n) is 5.23. The molecule has 1 aliphatic heterocycles. The van der Waals surface area contributed by atoms with Gasteiger partial charge in [-0.3, -0.25) is 9.59 Å². The Bertz CT molecular complexity index is 1160. The van der Waals surface area contributed by atoms with Crippen LogP contribution in [0.3, 0.4) is 0 Å². The van der Waals surface area contributed by atoms with Crippen molar-refractivity contribution in [3.8, 4) is 5.75 Å². The van der Waals surface area contributed by atoms with Crippen molar-refractivity contribution in [3.63, 3.8) is 0 Å². The summed E-state index contributed by atoms with van der Waals surface area (Å²) in [5.74, 6) is 0.375. The molecule has 6 nitrogen and oxygen atoms in total. The van der Waals surface area contributed by atoms with Gasteiger partial charge in [-0.05, 0) is 62.2 Å². The maximum Gasteiger partial charge on any atom is 0.291 e. The second kappa shape index (κ2) is 7.13. The number of furan rings is 1. The number of carbonyl (C=O) groups excluding carboxylic acids is 2. The highest BCUT2D eigenvalue weighted by Crippen LogP contribution is 2.35. The zero-order valence-corrected chi connectivity index (χ0v) is 16.7. The number of amides is 2. The van der Waals surface area contributed by atoms with Crippen LogP contribution in [-0.4, -0.2) is 25.0 Å². The molecule has 148 valence electrons. The lowest BCUT2D eigenvalue weighted by molar-refractivity contribution is -0.121. The average molecular weight is 390 g/mol. The molecule has 1 aromatic heterocycles. The van der Waals surface area contributed by atoms with Crippen LogP contribution in [-0.2, 0) is 4.79 Å². The van der Waals surface area contributed by atoms with Crippen LogP contribution in [0.25, 0.3) is 11.0 Å². The summed E-state index contributed by atoms with van der Waals surface area (Å²) in [7, 11) is 0. The summed E-state index contributed by atoms with van der Waals surface area (Å²) in [6.07, 6.45) is 1.65. The molecule has 3 aromatic rings. The van der Waals surface area contributed by atoms with Gasteiger partial charge in [-0.25, -0.2) is 0 Å². The molecular weight excluding hydrogens is 368 g/mol. The van der Waals surface area contributed by atoms with Crippen LogP contribution in [0, 0.1) is 20.8 Å². The number of aryl methyl sites for hydroxylation is 3. The number of benzene rings is 2. The van der Waals surface area contributed by atoms with E-state index < -0.39 is 0 Å². The summed E-state index contributed by atoms with van der Waals surface area (Å²) in [4.78, 5) is 26.6. The zero-order chi connectivity index (χ0) is 20.7. The normalized spacial score (nSPS) is 13.2. The van der Waals surface area contributed by atoms with Crippen LogP contribution in [0.5, 0.6) is 5.75 Å². The van der Waals surface area contributed by atoms with Crippen molar-refractivity contribution in [2.75, 3.05) is 23.4 Å². The third-order valence-corrected chi connectivity index (χ3v) is 5.23. The molecule has 1 N–H and O–H groups in total. The molecule has 2 amide bonds. The van der Waals surface area contributed by atoms with Crippen LogP contribution < -0.4 is 15.0 Å². The van der Waals surface area contributed by atoms with Crippen molar-refractivity contribution in [1.29, 1.82) is 0 Å². The van der Waals surface area contributed by atoms with Crippen molar-refractivity contribution in [1.82, 2.24) is 0 Å². The van der Waals surface area contributed by atoms with Crippen molar-refractivity contribution >= 4 is 34.2 Å². The van der Waals surface area contributed by atoms with E-state index in [0.717, 1.165) is 22.1 Å². The van der Waals surface area contributed by atoms with E-state index in [1.807, 2.05) is 32.9 Å². The number of rotatable bonds is 4. The maximum atomic E-state index is 12.9. The number of hydrogen-bond donors (Lipinski definition) is 1. The van der Waals surface area contributed by atoms with E-state index in [4.69, 9.17) is 9.15 Å². The largest absolute Gasteiger partial charge is 0.482 e. The number of anilines is 2. The third kappa shape index (κ3) is 3.27. The molecule has 0 saturated carbocycles. The van der Waals surface area contributed by atoms with Gasteiger partial charge in [0.2, 0.25) is 0 Å². The van der Waals surface area contributed by atoms with Crippen LogP contribution in [0.15, 0.2) is 47.4 Å². The summed E-state index contributed by atoms with van der Waals surface area (Å²) < 4.78 is 11.3. The Kier molecular flexibility index (Phi) is 4.62. The monoisotopic (exact) mass is 390 g/mol. The summed E-state index contributed by atoms with van der Waals surface area (Å²) in [5, 5.41) is 3.80. The standard InChI is InChI=1S/C23H22N2O4/c1-5-8-25-18-11-16(6-7-19(18)28-12-21(25)26)24-23(27)22-15(4)17-9-13(2)14(3)10-20(17)29-22/h5-7,9-11H,1,8,12H2,2-4H3,(H,24,27). The Labute approximate surface area is 168 Å². The fourth-order valence-corrected chi connectivity index (χ4v) is 3.49. The van der Waals surface area contributed by atoms with Gasteiger partial charge in [-0.2, -0.15) is 0 Å². The molecule has 29 heavy (non-hydrogen) atoms. The number of ether oxygens (including phenoxy) is 1. The fourth-order valence-electron chi connectivity index (χ4n) is 3.49. The Morgan fingerprint density at radius 2 is 1.97 bits per heavy atom. The molecule has 2 aromatic carbocycles. The fraction of sp³-hybridized carbons (Fsp3) is 0.217. The topological polar surface area (TPSA) is 71.8 Å². The molecule has 2 heterocycles. The highest BCUT2D eigenvalue weighted by Gasteiger charge is 2.25. The highest BCUT2D eigenvalue weighted by molar-refractivity contribution is 6.07. The van der Waals surface area contributed by atoms with Gasteiger partial charge in [0.1, 0.15) is 11.3 Å². The molecule has 0 fully saturated rings. The first-order chi connectivity index (χ1) is 13.9. The molecule has 0 spiro atoms. The Morgan fingerprint density at radius 1 is 1.21 bits per heavy atom. The van der Waals surface area contributed by atoms with Gasteiger partial charge in [0.25, 0.3) is 11.8 Å². The van der Waals surface area contributed by atoms with E-state index in [1.54, 1.807) is 29.2 Å². The van der Waals surface area contributed by atoms with Gasteiger partial charge in [0.15, 0.2) is 12.4 Å². The molecule has 0 bridgehead atoms. The smallest absolute Gasteiger partial charge is 0.291 e. The molecule has 6 heteroatoms. The predicted molar refractivity (Wildman–Crippen MR) is 113 cm³/mol. The minimum Gasteiger partial charge on any atom is -0.482 e. The number of fused-ring (bicyclic) bond motifs is 2. The summed E-state index contributed by atoms with van der Waals surface area (Å²) in [5.41, 5.74) is 4.90. The van der Waals surface area contributed by atoms with Crippen molar-refractivity contribution in [2.45, 2.75) is 20.8 Å². The maximum absolute atomic E-state index is 12.9. The van der Waals surface area contributed by atoms with Crippen molar-refractivity contribution in [3.05, 3.63) is 65.4 Å². The van der Waals surface area contributed by atoms with E-state index in [2.05, 4.69) is 11.9 Å². The first kappa shape index (κ1) is 18.8. The second-order valence-corrected chi connectivity index (χ2v) is 7.21.